The molecule has 140 valence electrons. The van der Waals surface area contributed by atoms with Crippen molar-refractivity contribution in [2.75, 3.05) is 10.6 Å². The molecule has 27 heavy (non-hydrogen) atoms. The Morgan fingerprint density at radius 2 is 1.44 bits per heavy atom. The first-order valence-electron chi connectivity index (χ1n) is 9.79. The Labute approximate surface area is 165 Å². The second kappa shape index (κ2) is 8.57. The van der Waals surface area contributed by atoms with E-state index in [0.29, 0.717) is 12.6 Å². The first-order valence-corrected chi connectivity index (χ1v) is 10.2. The van der Waals surface area contributed by atoms with Crippen LogP contribution in [0.2, 0.25) is 5.02 Å². The number of hydrogen-bond acceptors (Lipinski definition) is 4. The second-order valence-electron chi connectivity index (χ2n) is 7.22. The smallest absolute Gasteiger partial charge is 0.170 e. The molecule has 1 saturated carbocycles. The highest BCUT2D eigenvalue weighted by Gasteiger charge is 2.16. The van der Waals surface area contributed by atoms with E-state index in [1.807, 2.05) is 48.5 Å². The van der Waals surface area contributed by atoms with Crippen LogP contribution in [0.5, 0.6) is 0 Å². The molecular formula is C22H25ClN4. The van der Waals surface area contributed by atoms with E-state index in [9.17, 15) is 0 Å². The molecule has 1 aliphatic carbocycles. The Morgan fingerprint density at radius 3 is 2.11 bits per heavy atom. The van der Waals surface area contributed by atoms with Gasteiger partial charge in [-0.3, -0.25) is 0 Å². The van der Waals surface area contributed by atoms with Crippen LogP contribution in [0.1, 0.15) is 44.1 Å². The van der Waals surface area contributed by atoms with Crippen LogP contribution in [0.15, 0.2) is 48.5 Å². The zero-order chi connectivity index (χ0) is 18.5. The van der Waals surface area contributed by atoms with Crippen LogP contribution in [-0.2, 0) is 6.54 Å². The molecule has 1 fully saturated rings. The lowest BCUT2D eigenvalue weighted by molar-refractivity contribution is 0.618. The van der Waals surface area contributed by atoms with Crippen molar-refractivity contribution in [3.8, 4) is 0 Å². The van der Waals surface area contributed by atoms with Gasteiger partial charge in [-0.25, -0.2) is 9.97 Å². The summed E-state index contributed by atoms with van der Waals surface area (Å²) in [6, 6.07) is 16.4. The summed E-state index contributed by atoms with van der Waals surface area (Å²) >= 11 is 5.99. The molecule has 0 aliphatic heterocycles. The largest absolute Gasteiger partial charge is 0.364 e. The summed E-state index contributed by atoms with van der Waals surface area (Å²) in [6.45, 7) is 0.684. The van der Waals surface area contributed by atoms with E-state index < -0.39 is 0 Å². The second-order valence-corrected chi connectivity index (χ2v) is 7.66. The lowest BCUT2D eigenvalue weighted by Crippen LogP contribution is -2.20. The molecule has 0 radical (unpaired) electrons. The number of halogens is 1. The molecule has 1 aliphatic rings. The number of benzene rings is 2. The third-order valence-electron chi connectivity index (χ3n) is 5.14. The third-order valence-corrected chi connectivity index (χ3v) is 5.39. The van der Waals surface area contributed by atoms with Crippen molar-refractivity contribution in [3.63, 3.8) is 0 Å². The minimum atomic E-state index is 0.471. The molecule has 1 aromatic heterocycles. The Morgan fingerprint density at radius 1 is 0.815 bits per heavy atom. The highest BCUT2D eigenvalue weighted by molar-refractivity contribution is 6.30. The van der Waals surface area contributed by atoms with Gasteiger partial charge in [0.15, 0.2) is 11.6 Å². The minimum Gasteiger partial charge on any atom is -0.364 e. The SMILES string of the molecule is Clc1ccc(CNc2nc3ccccc3nc2NC2CCCCCC2)cc1. The van der Waals surface area contributed by atoms with Crippen molar-refractivity contribution in [1.29, 1.82) is 0 Å². The van der Waals surface area contributed by atoms with Crippen LogP contribution in [0, 0.1) is 0 Å². The fourth-order valence-corrected chi connectivity index (χ4v) is 3.76. The van der Waals surface area contributed by atoms with E-state index >= 15 is 0 Å². The summed E-state index contributed by atoms with van der Waals surface area (Å²) < 4.78 is 0. The summed E-state index contributed by atoms with van der Waals surface area (Å²) in [7, 11) is 0. The van der Waals surface area contributed by atoms with Crippen LogP contribution in [-0.4, -0.2) is 16.0 Å². The number of hydrogen-bond donors (Lipinski definition) is 2. The van der Waals surface area contributed by atoms with Gasteiger partial charge >= 0.3 is 0 Å². The van der Waals surface area contributed by atoms with Gasteiger partial charge < -0.3 is 10.6 Å². The van der Waals surface area contributed by atoms with Gasteiger partial charge in [0.1, 0.15) is 0 Å². The van der Waals surface area contributed by atoms with Crippen LogP contribution < -0.4 is 10.6 Å². The van der Waals surface area contributed by atoms with E-state index in [2.05, 4.69) is 10.6 Å². The van der Waals surface area contributed by atoms with Gasteiger partial charge in [-0.2, -0.15) is 0 Å². The maximum absolute atomic E-state index is 5.99. The van der Waals surface area contributed by atoms with Crippen molar-refractivity contribution in [2.45, 2.75) is 51.1 Å². The van der Waals surface area contributed by atoms with Gasteiger partial charge in [0, 0.05) is 17.6 Å². The minimum absolute atomic E-state index is 0.471. The van der Waals surface area contributed by atoms with Crippen molar-refractivity contribution < 1.29 is 0 Å². The number of para-hydroxylation sites is 2. The number of anilines is 2. The summed E-state index contributed by atoms with van der Waals surface area (Å²) in [4.78, 5) is 9.70. The molecule has 4 rings (SSSR count). The summed E-state index contributed by atoms with van der Waals surface area (Å²) in [5.41, 5.74) is 2.99. The highest BCUT2D eigenvalue weighted by Crippen LogP contribution is 2.26. The molecule has 0 spiro atoms. The molecule has 5 heteroatoms. The maximum Gasteiger partial charge on any atom is 0.170 e. The predicted octanol–water partition coefficient (Wildman–Crippen LogP) is 6.03. The molecule has 1 heterocycles. The van der Waals surface area contributed by atoms with Gasteiger partial charge in [0.05, 0.1) is 11.0 Å². The fraction of sp³-hybridized carbons (Fsp3) is 0.364. The number of rotatable bonds is 5. The summed E-state index contributed by atoms with van der Waals surface area (Å²) in [5, 5.41) is 7.89. The van der Waals surface area contributed by atoms with Crippen molar-refractivity contribution in [1.82, 2.24) is 9.97 Å². The van der Waals surface area contributed by atoms with Crippen LogP contribution >= 0.6 is 11.6 Å². The average molecular weight is 381 g/mol. The third kappa shape index (κ3) is 4.69. The Kier molecular flexibility index (Phi) is 5.73. The Hall–Kier alpha value is -2.33. The van der Waals surface area contributed by atoms with E-state index in [1.54, 1.807) is 0 Å². The molecule has 0 bridgehead atoms. The molecular weight excluding hydrogens is 356 g/mol. The average Bonchev–Trinajstić information content (AvgIpc) is 2.96. The number of nitrogens with one attached hydrogen (secondary N) is 2. The monoisotopic (exact) mass is 380 g/mol. The molecule has 0 saturated heterocycles. The molecule has 2 N–H and O–H groups in total. The zero-order valence-corrected chi connectivity index (χ0v) is 16.2. The Balaban J connectivity index is 1.58. The first kappa shape index (κ1) is 18.1. The highest BCUT2D eigenvalue weighted by atomic mass is 35.5. The van der Waals surface area contributed by atoms with Gasteiger partial charge in [-0.15, -0.1) is 0 Å². The van der Waals surface area contributed by atoms with E-state index in [4.69, 9.17) is 21.6 Å². The molecule has 0 amide bonds. The van der Waals surface area contributed by atoms with Gasteiger partial charge in [-0.05, 0) is 42.7 Å². The fourth-order valence-electron chi connectivity index (χ4n) is 3.63. The van der Waals surface area contributed by atoms with Crippen molar-refractivity contribution in [2.24, 2.45) is 0 Å². The molecule has 3 aromatic rings. The maximum atomic E-state index is 5.99. The molecule has 4 nitrogen and oxygen atoms in total. The number of fused-ring (bicyclic) bond motifs is 1. The van der Waals surface area contributed by atoms with Gasteiger partial charge in [0.25, 0.3) is 0 Å². The molecule has 2 aromatic carbocycles. The van der Waals surface area contributed by atoms with Crippen LogP contribution in [0.25, 0.3) is 11.0 Å². The predicted molar refractivity (Wildman–Crippen MR) is 113 cm³/mol. The topological polar surface area (TPSA) is 49.8 Å². The molecule has 0 unspecified atom stereocenters. The van der Waals surface area contributed by atoms with E-state index in [1.165, 1.54) is 38.5 Å². The van der Waals surface area contributed by atoms with E-state index in [0.717, 1.165) is 33.3 Å². The van der Waals surface area contributed by atoms with Gasteiger partial charge in [-0.1, -0.05) is 61.5 Å². The lowest BCUT2D eigenvalue weighted by Gasteiger charge is -2.20. The lowest BCUT2D eigenvalue weighted by atomic mass is 10.1. The van der Waals surface area contributed by atoms with Crippen LogP contribution in [0.3, 0.4) is 0 Å². The van der Waals surface area contributed by atoms with Gasteiger partial charge in [0.2, 0.25) is 0 Å². The van der Waals surface area contributed by atoms with Crippen molar-refractivity contribution in [3.05, 3.63) is 59.1 Å². The molecule has 0 atom stereocenters. The quantitative estimate of drug-likeness (QED) is 0.530. The summed E-state index contributed by atoms with van der Waals surface area (Å²) in [6.07, 6.45) is 7.64. The standard InChI is InChI=1S/C22H25ClN4/c23-17-13-11-16(12-14-17)15-24-21-22(25-18-7-3-1-2-4-8-18)27-20-10-6-5-9-19(20)26-21/h5-6,9-14,18H,1-4,7-8,15H2,(H,24,26)(H,25,27). The number of nitrogens with zero attached hydrogens (tertiary/aromatic N) is 2. The first-order chi connectivity index (χ1) is 13.3. The van der Waals surface area contributed by atoms with E-state index in [-0.39, 0.29) is 0 Å². The summed E-state index contributed by atoms with van der Waals surface area (Å²) in [5.74, 6) is 1.67. The zero-order valence-electron chi connectivity index (χ0n) is 15.4. The van der Waals surface area contributed by atoms with Crippen molar-refractivity contribution >= 4 is 34.3 Å². The Bertz CT molecular complexity index is 886. The number of aromatic nitrogens is 2. The van der Waals surface area contributed by atoms with Crippen LogP contribution in [0.4, 0.5) is 11.6 Å². The normalized spacial score (nSPS) is 15.4.